The molecule has 62 valence electrons. The van der Waals surface area contributed by atoms with Crippen molar-refractivity contribution in [2.75, 3.05) is 19.3 Å². The summed E-state index contributed by atoms with van der Waals surface area (Å²) in [5.41, 5.74) is -4.08. The van der Waals surface area contributed by atoms with Crippen LogP contribution in [0.4, 0.5) is 13.2 Å². The van der Waals surface area contributed by atoms with E-state index in [1.54, 1.807) is 7.05 Å². The molecule has 0 fully saturated rings. The molecule has 0 N–H and O–H groups in total. The maximum absolute atomic E-state index is 11.4. The molecule has 0 spiro atoms. The Morgan fingerprint density at radius 1 is 1.40 bits per heavy atom. The Balaban J connectivity index is 3.04. The van der Waals surface area contributed by atoms with Gasteiger partial charge in [0.2, 0.25) is 0 Å². The summed E-state index contributed by atoms with van der Waals surface area (Å²) in [6.45, 7) is 0.517. The molecule has 10 heavy (non-hydrogen) atoms. The van der Waals surface area contributed by atoms with E-state index in [2.05, 4.69) is 5.32 Å². The van der Waals surface area contributed by atoms with E-state index >= 15 is 0 Å². The Hall–Kier alpha value is 0.100. The summed E-state index contributed by atoms with van der Waals surface area (Å²) in [4.78, 5) is 0. The molecule has 1 nitrogen and oxygen atoms in total. The van der Waals surface area contributed by atoms with Gasteiger partial charge in [-0.15, -0.1) is 6.54 Å². The second-order valence-electron chi connectivity index (χ2n) is 1.69. The zero-order valence-electron chi connectivity index (χ0n) is 5.61. The van der Waals surface area contributed by atoms with Gasteiger partial charge in [0.1, 0.15) is 0 Å². The molecule has 5 heteroatoms. The lowest BCUT2D eigenvalue weighted by Crippen LogP contribution is -2.01. The summed E-state index contributed by atoms with van der Waals surface area (Å²) >= 11 is 0.0135. The van der Waals surface area contributed by atoms with Crippen LogP contribution in [0.15, 0.2) is 0 Å². The number of halogens is 3. The first kappa shape index (κ1) is 10.1. The van der Waals surface area contributed by atoms with Crippen LogP contribution in [0.3, 0.4) is 0 Å². The van der Waals surface area contributed by atoms with Crippen molar-refractivity contribution in [3.63, 3.8) is 0 Å². The van der Waals surface area contributed by atoms with Crippen molar-refractivity contribution in [1.29, 1.82) is 0 Å². The fourth-order valence-corrected chi connectivity index (χ4v) is 0.915. The Labute approximate surface area is 62.4 Å². The van der Waals surface area contributed by atoms with Crippen LogP contribution in [-0.4, -0.2) is 24.9 Å². The smallest absolute Gasteiger partial charge is 0.441 e. The van der Waals surface area contributed by atoms with Crippen LogP contribution in [0.25, 0.3) is 5.32 Å². The van der Waals surface area contributed by atoms with Gasteiger partial charge in [0.25, 0.3) is 0 Å². The highest BCUT2D eigenvalue weighted by Gasteiger charge is 2.26. The first-order valence-corrected chi connectivity index (χ1v) is 3.81. The zero-order valence-corrected chi connectivity index (χ0v) is 6.43. The van der Waals surface area contributed by atoms with E-state index in [-0.39, 0.29) is 17.5 Å². The SMILES string of the molecule is C[N-]CCCSC(F)(F)F. The quantitative estimate of drug-likeness (QED) is 0.594. The molecule has 0 atom stereocenters. The second-order valence-corrected chi connectivity index (χ2v) is 2.85. The third-order valence-electron chi connectivity index (χ3n) is 0.792. The van der Waals surface area contributed by atoms with E-state index in [9.17, 15) is 13.2 Å². The van der Waals surface area contributed by atoms with E-state index in [4.69, 9.17) is 0 Å². The van der Waals surface area contributed by atoms with Gasteiger partial charge in [-0.2, -0.15) is 20.2 Å². The van der Waals surface area contributed by atoms with Crippen molar-refractivity contribution in [2.24, 2.45) is 0 Å². The predicted octanol–water partition coefficient (Wildman–Crippen LogP) is 2.63. The third-order valence-corrected chi connectivity index (χ3v) is 1.61. The van der Waals surface area contributed by atoms with Crippen LogP contribution in [-0.2, 0) is 0 Å². The molecule has 0 radical (unpaired) electrons. The average Bonchev–Trinajstić information content (AvgIpc) is 1.78. The molecule has 0 saturated carbocycles. The van der Waals surface area contributed by atoms with Crippen LogP contribution in [0.2, 0.25) is 0 Å². The van der Waals surface area contributed by atoms with Gasteiger partial charge in [-0.05, 0) is 0 Å². The highest BCUT2D eigenvalue weighted by atomic mass is 32.2. The molecule has 0 unspecified atom stereocenters. The highest BCUT2D eigenvalue weighted by molar-refractivity contribution is 8.00. The summed E-state index contributed by atoms with van der Waals surface area (Å²) in [6.07, 6.45) is 0.501. The minimum absolute atomic E-state index is 0.0135. The van der Waals surface area contributed by atoms with Gasteiger partial charge in [-0.3, -0.25) is 0 Å². The molecule has 0 aromatic carbocycles. The van der Waals surface area contributed by atoms with Gasteiger partial charge < -0.3 is 5.32 Å². The molecule has 0 bridgehead atoms. The Bertz CT molecular complexity index is 83.5. The zero-order chi connectivity index (χ0) is 8.04. The molecule has 0 rings (SSSR count). The van der Waals surface area contributed by atoms with E-state index in [0.29, 0.717) is 13.0 Å². The molecule has 0 aliphatic carbocycles. The van der Waals surface area contributed by atoms with Crippen molar-refractivity contribution in [1.82, 2.24) is 0 Å². The normalized spacial score (nSPS) is 12.0. The van der Waals surface area contributed by atoms with Crippen molar-refractivity contribution >= 4 is 11.8 Å². The van der Waals surface area contributed by atoms with Gasteiger partial charge in [-0.25, -0.2) is 0 Å². The number of rotatable bonds is 4. The van der Waals surface area contributed by atoms with Crippen molar-refractivity contribution in [3.05, 3.63) is 5.32 Å². The summed E-state index contributed by atoms with van der Waals surface area (Å²) in [5.74, 6) is 0.112. The highest BCUT2D eigenvalue weighted by Crippen LogP contribution is 2.30. The summed E-state index contributed by atoms with van der Waals surface area (Å²) in [7, 11) is 1.60. The maximum Gasteiger partial charge on any atom is 0.441 e. The van der Waals surface area contributed by atoms with Gasteiger partial charge in [0.15, 0.2) is 0 Å². The number of thioether (sulfide) groups is 1. The first-order valence-electron chi connectivity index (χ1n) is 2.82. The van der Waals surface area contributed by atoms with Crippen molar-refractivity contribution < 1.29 is 13.2 Å². The first-order chi connectivity index (χ1) is 4.56. The Morgan fingerprint density at radius 3 is 2.40 bits per heavy atom. The molecule has 0 aliphatic rings. The van der Waals surface area contributed by atoms with Crippen molar-refractivity contribution in [2.45, 2.75) is 11.9 Å². The van der Waals surface area contributed by atoms with Gasteiger partial charge >= 0.3 is 5.51 Å². The number of alkyl halides is 3. The fraction of sp³-hybridized carbons (Fsp3) is 1.00. The third kappa shape index (κ3) is 8.10. The van der Waals surface area contributed by atoms with Crippen LogP contribution >= 0.6 is 11.8 Å². The van der Waals surface area contributed by atoms with Crippen LogP contribution < -0.4 is 0 Å². The molecule has 0 amide bonds. The molecular formula is C5H9F3NS-. The topological polar surface area (TPSA) is 14.1 Å². The molecular weight excluding hydrogens is 163 g/mol. The van der Waals surface area contributed by atoms with Gasteiger partial charge in [0.05, 0.1) is 0 Å². The molecule has 0 aromatic rings. The summed E-state index contributed by atoms with van der Waals surface area (Å²) in [6, 6.07) is 0. The number of hydrogen-bond acceptors (Lipinski definition) is 1. The largest absolute Gasteiger partial charge is 0.665 e. The lowest BCUT2D eigenvalue weighted by atomic mass is 10.5. The molecule has 0 saturated heterocycles. The number of hydrogen-bond donors (Lipinski definition) is 0. The van der Waals surface area contributed by atoms with Crippen LogP contribution in [0, 0.1) is 0 Å². The summed E-state index contributed by atoms with van der Waals surface area (Å²) < 4.78 is 34.2. The minimum atomic E-state index is -4.08. The maximum atomic E-state index is 11.4. The average molecular weight is 172 g/mol. The Morgan fingerprint density at radius 2 is 2.00 bits per heavy atom. The fourth-order valence-electron chi connectivity index (χ4n) is 0.411. The predicted molar refractivity (Wildman–Crippen MR) is 37.3 cm³/mol. The standard InChI is InChI=1S/C5H9F3NS/c1-9-3-2-4-10-5(6,7)8/h2-4H2,1H3/q-1. The van der Waals surface area contributed by atoms with Crippen LogP contribution in [0.5, 0.6) is 0 Å². The van der Waals surface area contributed by atoms with Gasteiger partial charge in [0, 0.05) is 5.75 Å². The molecule has 0 aromatic heterocycles. The number of nitrogens with zero attached hydrogens (tertiary/aromatic N) is 1. The van der Waals surface area contributed by atoms with E-state index in [1.807, 2.05) is 0 Å². The van der Waals surface area contributed by atoms with Crippen LogP contribution in [0.1, 0.15) is 6.42 Å². The lowest BCUT2D eigenvalue weighted by molar-refractivity contribution is -0.0327. The molecule has 0 heterocycles. The second kappa shape index (κ2) is 4.85. The van der Waals surface area contributed by atoms with Gasteiger partial charge in [-0.1, -0.05) is 18.2 Å². The summed E-state index contributed by atoms with van der Waals surface area (Å²) in [5, 5.41) is 3.67. The van der Waals surface area contributed by atoms with Crippen molar-refractivity contribution in [3.8, 4) is 0 Å². The van der Waals surface area contributed by atoms with E-state index in [0.717, 1.165) is 0 Å². The lowest BCUT2D eigenvalue weighted by Gasteiger charge is -2.10. The van der Waals surface area contributed by atoms with E-state index in [1.165, 1.54) is 0 Å². The monoisotopic (exact) mass is 172 g/mol. The Kier molecular flexibility index (Phi) is 4.89. The minimum Gasteiger partial charge on any atom is -0.665 e. The molecule has 0 aliphatic heterocycles. The van der Waals surface area contributed by atoms with E-state index < -0.39 is 5.51 Å².